The molecule has 0 N–H and O–H groups in total. The van der Waals surface area contributed by atoms with Gasteiger partial charge in [-0.3, -0.25) is 9.28 Å². The molecule has 3 heteroatoms. The molecule has 0 saturated carbocycles. The number of quaternary nitrogens is 1. The number of carbonyl (C=O) groups excluding carboxylic acids is 2. The molecular weight excluding hydrogens is 142 g/mol. The summed E-state index contributed by atoms with van der Waals surface area (Å²) >= 11 is 0. The number of nitrogens with zero attached hydrogens (tertiary/aromatic N) is 1. The Bertz CT molecular complexity index is 200. The highest BCUT2D eigenvalue weighted by atomic mass is 16.2. The lowest BCUT2D eigenvalue weighted by molar-refractivity contribution is -0.817. The van der Waals surface area contributed by atoms with Gasteiger partial charge in [0.1, 0.15) is 6.54 Å². The quantitative estimate of drug-likeness (QED) is 0.540. The second-order valence-corrected chi connectivity index (χ2v) is 3.48. The lowest BCUT2D eigenvalue weighted by Crippen LogP contribution is -2.47. The molecule has 11 heavy (non-hydrogen) atoms. The van der Waals surface area contributed by atoms with Gasteiger partial charge in [0.2, 0.25) is 0 Å². The van der Waals surface area contributed by atoms with Crippen LogP contribution in [0.1, 0.15) is 19.8 Å². The highest BCUT2D eigenvalue weighted by Crippen LogP contribution is 2.17. The standard InChI is InChI=1S/C8H14NO2/c1-7(10)6-9(2)5-3-4-8(9)11/h3-6H2,1-2H3/q+1. The molecule has 0 spiro atoms. The summed E-state index contributed by atoms with van der Waals surface area (Å²) in [6, 6.07) is 0. The number of Topliss-reactive ketones (excluding diaryl/α,β-unsaturated/α-hetero) is 1. The molecule has 1 aliphatic heterocycles. The summed E-state index contributed by atoms with van der Waals surface area (Å²) in [5.74, 6) is 0.308. The van der Waals surface area contributed by atoms with E-state index in [2.05, 4.69) is 0 Å². The lowest BCUT2D eigenvalue weighted by Gasteiger charge is -2.24. The van der Waals surface area contributed by atoms with Gasteiger partial charge in [0.15, 0.2) is 5.78 Å². The maximum absolute atomic E-state index is 11.3. The van der Waals surface area contributed by atoms with E-state index in [0.29, 0.717) is 17.4 Å². The number of hydrogen-bond acceptors (Lipinski definition) is 2. The van der Waals surface area contributed by atoms with E-state index in [0.717, 1.165) is 13.0 Å². The van der Waals surface area contributed by atoms with Crippen molar-refractivity contribution in [3.63, 3.8) is 0 Å². The van der Waals surface area contributed by atoms with Gasteiger partial charge in [0, 0.05) is 13.3 Å². The molecular formula is C8H14NO2+. The van der Waals surface area contributed by atoms with Crippen molar-refractivity contribution >= 4 is 11.7 Å². The zero-order valence-electron chi connectivity index (χ0n) is 7.09. The topological polar surface area (TPSA) is 34.1 Å². The van der Waals surface area contributed by atoms with E-state index in [1.54, 1.807) is 0 Å². The minimum absolute atomic E-state index is 0.0998. The molecule has 0 aromatic carbocycles. The summed E-state index contributed by atoms with van der Waals surface area (Å²) in [6.07, 6.45) is 1.58. The van der Waals surface area contributed by atoms with Crippen LogP contribution < -0.4 is 0 Å². The van der Waals surface area contributed by atoms with Crippen molar-refractivity contribution < 1.29 is 14.1 Å². The first-order valence-corrected chi connectivity index (χ1v) is 3.92. The molecule has 0 aliphatic carbocycles. The second kappa shape index (κ2) is 2.74. The summed E-state index contributed by atoms with van der Waals surface area (Å²) < 4.78 is 0.329. The Morgan fingerprint density at radius 2 is 2.27 bits per heavy atom. The van der Waals surface area contributed by atoms with Crippen LogP contribution in [0.4, 0.5) is 0 Å². The highest BCUT2D eigenvalue weighted by molar-refractivity contribution is 5.80. The van der Waals surface area contributed by atoms with Crippen molar-refractivity contribution in [2.24, 2.45) is 0 Å². The van der Waals surface area contributed by atoms with Crippen LogP contribution in [0.3, 0.4) is 0 Å². The number of likely N-dealkylation sites (N-methyl/N-ethyl adjacent to an activating group) is 1. The van der Waals surface area contributed by atoms with E-state index in [9.17, 15) is 9.59 Å². The van der Waals surface area contributed by atoms with Gasteiger partial charge in [-0.05, 0) is 0 Å². The van der Waals surface area contributed by atoms with E-state index in [1.165, 1.54) is 6.92 Å². The fraction of sp³-hybridized carbons (Fsp3) is 0.750. The Kier molecular flexibility index (Phi) is 2.09. The molecule has 3 nitrogen and oxygen atoms in total. The fourth-order valence-electron chi connectivity index (χ4n) is 1.63. The summed E-state index contributed by atoms with van der Waals surface area (Å²) in [6.45, 7) is 2.74. The van der Waals surface area contributed by atoms with Gasteiger partial charge in [-0.25, -0.2) is 4.79 Å². The molecule has 1 fully saturated rings. The molecule has 1 unspecified atom stereocenters. The Morgan fingerprint density at radius 3 is 2.64 bits per heavy atom. The van der Waals surface area contributed by atoms with Gasteiger partial charge in [-0.1, -0.05) is 0 Å². The number of rotatable bonds is 2. The molecule has 1 heterocycles. The van der Waals surface area contributed by atoms with Crippen LogP contribution >= 0.6 is 0 Å². The number of hydrogen-bond donors (Lipinski definition) is 0. The number of likely N-dealkylation sites (tertiary alicyclic amines) is 1. The summed E-state index contributed by atoms with van der Waals surface area (Å²) in [5.41, 5.74) is 0. The van der Waals surface area contributed by atoms with E-state index in [-0.39, 0.29) is 11.7 Å². The first-order valence-electron chi connectivity index (χ1n) is 3.92. The third-order valence-corrected chi connectivity index (χ3v) is 2.22. The third kappa shape index (κ3) is 1.66. The Morgan fingerprint density at radius 1 is 1.64 bits per heavy atom. The van der Waals surface area contributed by atoms with Crippen molar-refractivity contribution in [1.29, 1.82) is 0 Å². The van der Waals surface area contributed by atoms with Crippen LogP contribution in [-0.2, 0) is 9.59 Å². The summed E-state index contributed by atoms with van der Waals surface area (Å²) in [7, 11) is 1.84. The SMILES string of the molecule is CC(=O)C[N+]1(C)CCCC1=O. The number of amides is 1. The van der Waals surface area contributed by atoms with Crippen molar-refractivity contribution in [2.75, 3.05) is 20.1 Å². The molecule has 1 amide bonds. The van der Waals surface area contributed by atoms with Gasteiger partial charge in [-0.2, -0.15) is 0 Å². The van der Waals surface area contributed by atoms with E-state index >= 15 is 0 Å². The zero-order chi connectivity index (χ0) is 8.48. The van der Waals surface area contributed by atoms with Gasteiger partial charge in [-0.15, -0.1) is 0 Å². The van der Waals surface area contributed by atoms with E-state index in [1.807, 2.05) is 7.05 Å². The van der Waals surface area contributed by atoms with Gasteiger partial charge >= 0.3 is 5.91 Å². The molecule has 0 aromatic heterocycles. The number of carbonyl (C=O) groups is 2. The van der Waals surface area contributed by atoms with Crippen LogP contribution in [0.2, 0.25) is 0 Å². The van der Waals surface area contributed by atoms with Crippen LogP contribution in [0.15, 0.2) is 0 Å². The molecule has 1 atom stereocenters. The summed E-state index contributed by atoms with van der Waals surface area (Å²) in [4.78, 5) is 22.0. The van der Waals surface area contributed by atoms with Gasteiger partial charge in [0.05, 0.1) is 20.0 Å². The van der Waals surface area contributed by atoms with E-state index in [4.69, 9.17) is 0 Å². The van der Waals surface area contributed by atoms with Crippen molar-refractivity contribution in [1.82, 2.24) is 0 Å². The lowest BCUT2D eigenvalue weighted by atomic mass is 10.3. The average Bonchev–Trinajstić information content (AvgIpc) is 2.11. The second-order valence-electron chi connectivity index (χ2n) is 3.48. The van der Waals surface area contributed by atoms with Crippen LogP contribution in [-0.4, -0.2) is 36.3 Å². The number of ketones is 1. The Hall–Kier alpha value is -0.700. The predicted octanol–water partition coefficient (Wildman–Crippen LogP) is 0.342. The van der Waals surface area contributed by atoms with E-state index < -0.39 is 0 Å². The highest BCUT2D eigenvalue weighted by Gasteiger charge is 2.37. The zero-order valence-corrected chi connectivity index (χ0v) is 7.09. The van der Waals surface area contributed by atoms with Gasteiger partial charge in [0.25, 0.3) is 0 Å². The first kappa shape index (κ1) is 8.40. The normalized spacial score (nSPS) is 30.9. The Labute approximate surface area is 66.6 Å². The molecule has 1 saturated heterocycles. The molecule has 0 bridgehead atoms. The average molecular weight is 156 g/mol. The van der Waals surface area contributed by atoms with Crippen LogP contribution in [0.25, 0.3) is 0 Å². The Balaban J connectivity index is 2.65. The van der Waals surface area contributed by atoms with Gasteiger partial charge < -0.3 is 0 Å². The molecule has 0 aromatic rings. The maximum Gasteiger partial charge on any atom is 0.314 e. The summed E-state index contributed by atoms with van der Waals surface area (Å²) in [5, 5.41) is 0. The molecule has 1 aliphatic rings. The minimum atomic E-state index is 0.0998. The maximum atomic E-state index is 11.3. The minimum Gasteiger partial charge on any atom is -0.294 e. The third-order valence-electron chi connectivity index (χ3n) is 2.22. The molecule has 0 radical (unpaired) electrons. The molecule has 1 rings (SSSR count). The monoisotopic (exact) mass is 156 g/mol. The van der Waals surface area contributed by atoms with Crippen molar-refractivity contribution in [3.05, 3.63) is 0 Å². The first-order chi connectivity index (χ1) is 5.04. The van der Waals surface area contributed by atoms with Crippen LogP contribution in [0, 0.1) is 0 Å². The van der Waals surface area contributed by atoms with Crippen molar-refractivity contribution in [3.8, 4) is 0 Å². The smallest absolute Gasteiger partial charge is 0.294 e. The fourth-order valence-corrected chi connectivity index (χ4v) is 1.63. The molecule has 62 valence electrons. The largest absolute Gasteiger partial charge is 0.314 e. The van der Waals surface area contributed by atoms with Crippen molar-refractivity contribution in [2.45, 2.75) is 19.8 Å². The van der Waals surface area contributed by atoms with Crippen LogP contribution in [0.5, 0.6) is 0 Å². The predicted molar refractivity (Wildman–Crippen MR) is 40.8 cm³/mol.